The van der Waals surface area contributed by atoms with Gasteiger partial charge in [-0.15, -0.1) is 0 Å². The lowest BCUT2D eigenvalue weighted by molar-refractivity contribution is -0.142. The zero-order valence-corrected chi connectivity index (χ0v) is 10.7. The molecular weight excluding hydrogens is 204 g/mol. The van der Waals surface area contributed by atoms with E-state index >= 15 is 0 Å². The van der Waals surface area contributed by atoms with E-state index in [1.807, 2.05) is 11.8 Å². The minimum atomic E-state index is -0.220. The van der Waals surface area contributed by atoms with E-state index in [9.17, 15) is 4.79 Å². The molecule has 0 aromatic carbocycles. The fourth-order valence-corrected chi connectivity index (χ4v) is 2.23. The molecule has 16 heavy (non-hydrogen) atoms. The van der Waals surface area contributed by atoms with Crippen molar-refractivity contribution >= 4 is 5.91 Å². The molecule has 1 atom stereocenters. The van der Waals surface area contributed by atoms with Crippen LogP contribution in [-0.4, -0.2) is 50.7 Å². The van der Waals surface area contributed by atoms with E-state index in [1.54, 1.807) is 7.11 Å². The zero-order chi connectivity index (χ0) is 12.0. The summed E-state index contributed by atoms with van der Waals surface area (Å²) >= 11 is 0. The van der Waals surface area contributed by atoms with E-state index in [2.05, 4.69) is 12.2 Å². The Kier molecular flexibility index (Phi) is 5.22. The Labute approximate surface area is 98.3 Å². The van der Waals surface area contributed by atoms with Crippen LogP contribution in [0.3, 0.4) is 0 Å². The minimum Gasteiger partial charge on any atom is -0.383 e. The predicted octanol–water partition coefficient (Wildman–Crippen LogP) is 0.871. The summed E-state index contributed by atoms with van der Waals surface area (Å²) < 4.78 is 5.04. The number of nitrogens with zero attached hydrogens (tertiary/aromatic N) is 1. The van der Waals surface area contributed by atoms with Crippen molar-refractivity contribution in [3.63, 3.8) is 0 Å². The largest absolute Gasteiger partial charge is 0.383 e. The molecule has 0 saturated carbocycles. The molecule has 4 nitrogen and oxygen atoms in total. The molecule has 4 heteroatoms. The first kappa shape index (κ1) is 13.5. The first-order chi connectivity index (χ1) is 7.64. The lowest BCUT2D eigenvalue weighted by Crippen LogP contribution is -2.50. The Balaban J connectivity index is 2.58. The molecule has 1 aliphatic heterocycles. The third-order valence-corrected chi connectivity index (χ3v) is 3.35. The van der Waals surface area contributed by atoms with Crippen molar-refractivity contribution < 1.29 is 9.53 Å². The molecule has 1 rings (SSSR count). The molecule has 1 saturated heterocycles. The van der Waals surface area contributed by atoms with Crippen LogP contribution in [0.15, 0.2) is 0 Å². The van der Waals surface area contributed by atoms with Gasteiger partial charge in [-0.25, -0.2) is 0 Å². The van der Waals surface area contributed by atoms with Gasteiger partial charge in [0.1, 0.15) is 0 Å². The Morgan fingerprint density at radius 1 is 1.56 bits per heavy atom. The molecular formula is C12H24N2O2. The number of methoxy groups -OCH3 is 1. The second kappa shape index (κ2) is 6.21. The van der Waals surface area contributed by atoms with Gasteiger partial charge in [0.2, 0.25) is 5.91 Å². The lowest BCUT2D eigenvalue weighted by Gasteiger charge is -2.37. The van der Waals surface area contributed by atoms with Crippen molar-refractivity contribution in [1.29, 1.82) is 0 Å². The van der Waals surface area contributed by atoms with Crippen LogP contribution in [0.25, 0.3) is 0 Å². The van der Waals surface area contributed by atoms with Gasteiger partial charge >= 0.3 is 0 Å². The van der Waals surface area contributed by atoms with Crippen LogP contribution in [0.1, 0.15) is 26.7 Å². The number of rotatable bonds is 5. The molecule has 0 aliphatic carbocycles. The summed E-state index contributed by atoms with van der Waals surface area (Å²) in [4.78, 5) is 14.3. The minimum absolute atomic E-state index is 0.220. The maximum Gasteiger partial charge on any atom is 0.229 e. The molecule has 1 aliphatic rings. The average molecular weight is 228 g/mol. The van der Waals surface area contributed by atoms with Crippen LogP contribution in [0, 0.1) is 5.41 Å². The molecule has 0 spiro atoms. The van der Waals surface area contributed by atoms with Gasteiger partial charge in [0.15, 0.2) is 0 Å². The number of hydrogen-bond acceptors (Lipinski definition) is 3. The fraction of sp³-hybridized carbons (Fsp3) is 0.917. The number of nitrogens with one attached hydrogen (secondary N) is 1. The monoisotopic (exact) mass is 228 g/mol. The molecule has 1 N–H and O–H groups in total. The highest BCUT2D eigenvalue weighted by Crippen LogP contribution is 2.27. The Bertz CT molecular complexity index is 225. The van der Waals surface area contributed by atoms with Gasteiger partial charge in [0.05, 0.1) is 12.0 Å². The third-order valence-electron chi connectivity index (χ3n) is 3.35. The summed E-state index contributed by atoms with van der Waals surface area (Å²) in [5.41, 5.74) is -0.220. The highest BCUT2D eigenvalue weighted by molar-refractivity contribution is 5.82. The third kappa shape index (κ3) is 3.19. The summed E-state index contributed by atoms with van der Waals surface area (Å²) in [6.45, 7) is 7.99. The number of carbonyl (C=O) groups excluding carboxylic acids is 1. The molecule has 0 aromatic heterocycles. The molecule has 1 fully saturated rings. The predicted molar refractivity (Wildman–Crippen MR) is 64.3 cm³/mol. The number of ether oxygens (including phenoxy) is 1. The van der Waals surface area contributed by atoms with Gasteiger partial charge in [-0.1, -0.05) is 0 Å². The van der Waals surface area contributed by atoms with Crippen LogP contribution in [0.2, 0.25) is 0 Å². The van der Waals surface area contributed by atoms with Crippen LogP contribution in [0.5, 0.6) is 0 Å². The van der Waals surface area contributed by atoms with E-state index in [0.717, 1.165) is 32.5 Å². The maximum atomic E-state index is 12.4. The van der Waals surface area contributed by atoms with Crippen LogP contribution in [-0.2, 0) is 9.53 Å². The molecule has 1 unspecified atom stereocenters. The van der Waals surface area contributed by atoms with E-state index in [1.165, 1.54) is 0 Å². The number of carbonyl (C=O) groups is 1. The molecule has 1 amide bonds. The number of piperidine rings is 1. The van der Waals surface area contributed by atoms with Crippen molar-refractivity contribution in [2.75, 3.05) is 39.9 Å². The molecule has 0 bridgehead atoms. The molecule has 94 valence electrons. The zero-order valence-electron chi connectivity index (χ0n) is 10.7. The first-order valence-electron chi connectivity index (χ1n) is 6.13. The smallest absolute Gasteiger partial charge is 0.229 e. The first-order valence-corrected chi connectivity index (χ1v) is 6.13. The highest BCUT2D eigenvalue weighted by Gasteiger charge is 2.37. The Morgan fingerprint density at radius 3 is 2.81 bits per heavy atom. The van der Waals surface area contributed by atoms with Gasteiger partial charge in [-0.3, -0.25) is 4.79 Å². The van der Waals surface area contributed by atoms with Crippen LogP contribution >= 0.6 is 0 Å². The quantitative estimate of drug-likeness (QED) is 0.759. The SMILES string of the molecule is CCN(CCOC)C(=O)C1(C)CCCNC1. The Hall–Kier alpha value is -0.610. The van der Waals surface area contributed by atoms with Crippen molar-refractivity contribution in [3.8, 4) is 0 Å². The standard InChI is InChI=1S/C12H24N2O2/c1-4-14(8-9-16-3)11(15)12(2)6-5-7-13-10-12/h13H,4-10H2,1-3H3. The summed E-state index contributed by atoms with van der Waals surface area (Å²) in [7, 11) is 1.67. The number of likely N-dealkylation sites (N-methyl/N-ethyl adjacent to an activating group) is 1. The van der Waals surface area contributed by atoms with E-state index < -0.39 is 0 Å². The van der Waals surface area contributed by atoms with Gasteiger partial charge < -0.3 is 15.0 Å². The van der Waals surface area contributed by atoms with Gasteiger partial charge in [-0.05, 0) is 33.2 Å². The fourth-order valence-electron chi connectivity index (χ4n) is 2.23. The van der Waals surface area contributed by atoms with E-state index in [0.29, 0.717) is 13.2 Å². The summed E-state index contributed by atoms with van der Waals surface area (Å²) in [6.07, 6.45) is 2.08. The van der Waals surface area contributed by atoms with Gasteiger partial charge in [0, 0.05) is 26.7 Å². The lowest BCUT2D eigenvalue weighted by atomic mass is 9.81. The highest BCUT2D eigenvalue weighted by atomic mass is 16.5. The van der Waals surface area contributed by atoms with Crippen LogP contribution < -0.4 is 5.32 Å². The van der Waals surface area contributed by atoms with E-state index in [-0.39, 0.29) is 11.3 Å². The normalized spacial score (nSPS) is 25.4. The topological polar surface area (TPSA) is 41.6 Å². The number of amides is 1. The van der Waals surface area contributed by atoms with Crippen molar-refractivity contribution in [3.05, 3.63) is 0 Å². The molecule has 0 aromatic rings. The van der Waals surface area contributed by atoms with Crippen LogP contribution in [0.4, 0.5) is 0 Å². The Morgan fingerprint density at radius 2 is 2.31 bits per heavy atom. The van der Waals surface area contributed by atoms with Gasteiger partial charge in [0.25, 0.3) is 0 Å². The summed E-state index contributed by atoms with van der Waals surface area (Å²) in [6, 6.07) is 0. The second-order valence-corrected chi connectivity index (χ2v) is 4.72. The van der Waals surface area contributed by atoms with E-state index in [4.69, 9.17) is 4.74 Å². The van der Waals surface area contributed by atoms with Gasteiger partial charge in [-0.2, -0.15) is 0 Å². The summed E-state index contributed by atoms with van der Waals surface area (Å²) in [5, 5.41) is 3.31. The maximum absolute atomic E-state index is 12.4. The van der Waals surface area contributed by atoms with Crippen molar-refractivity contribution in [1.82, 2.24) is 10.2 Å². The van der Waals surface area contributed by atoms with Crippen molar-refractivity contribution in [2.45, 2.75) is 26.7 Å². The number of hydrogen-bond donors (Lipinski definition) is 1. The average Bonchev–Trinajstić information content (AvgIpc) is 2.31. The molecule has 0 radical (unpaired) electrons. The second-order valence-electron chi connectivity index (χ2n) is 4.72. The summed E-state index contributed by atoms with van der Waals surface area (Å²) in [5.74, 6) is 0.263. The molecule has 1 heterocycles. The van der Waals surface area contributed by atoms with Crippen molar-refractivity contribution in [2.24, 2.45) is 5.41 Å².